The number of rotatable bonds is 4. The Hall–Kier alpha value is -0.620. The number of amides is 1. The van der Waals surface area contributed by atoms with Gasteiger partial charge in [0.15, 0.2) is 0 Å². The average Bonchev–Trinajstić information content (AvgIpc) is 2.42. The highest BCUT2D eigenvalue weighted by Crippen LogP contribution is 2.35. The summed E-state index contributed by atoms with van der Waals surface area (Å²) in [5.74, 6) is 0.566. The van der Waals surface area contributed by atoms with Crippen LogP contribution in [-0.4, -0.2) is 49.9 Å². The molecule has 0 aromatic rings. The molecule has 0 aromatic carbocycles. The fraction of sp³-hybridized carbons (Fsp3) is 0.929. The molecule has 0 radical (unpaired) electrons. The minimum atomic E-state index is -3.06. The number of hydrogen-bond acceptors (Lipinski definition) is 4. The van der Waals surface area contributed by atoms with Gasteiger partial charge in [0.1, 0.15) is 9.84 Å². The summed E-state index contributed by atoms with van der Waals surface area (Å²) in [5.41, 5.74) is 5.92. The third kappa shape index (κ3) is 3.95. The van der Waals surface area contributed by atoms with Gasteiger partial charge in [-0.3, -0.25) is 4.79 Å². The van der Waals surface area contributed by atoms with Gasteiger partial charge < -0.3 is 10.6 Å². The molecule has 116 valence electrons. The Balaban J connectivity index is 1.96. The van der Waals surface area contributed by atoms with E-state index in [4.69, 9.17) is 5.73 Å². The van der Waals surface area contributed by atoms with Crippen LogP contribution in [0.2, 0.25) is 0 Å². The van der Waals surface area contributed by atoms with Crippen LogP contribution in [0.4, 0.5) is 0 Å². The van der Waals surface area contributed by atoms with E-state index >= 15 is 0 Å². The van der Waals surface area contributed by atoms with Crippen LogP contribution >= 0.6 is 0 Å². The molecule has 2 fully saturated rings. The van der Waals surface area contributed by atoms with Gasteiger partial charge in [0.2, 0.25) is 5.91 Å². The molecule has 20 heavy (non-hydrogen) atoms. The molecule has 1 amide bonds. The van der Waals surface area contributed by atoms with E-state index in [0.717, 1.165) is 19.4 Å². The highest BCUT2D eigenvalue weighted by atomic mass is 32.2. The van der Waals surface area contributed by atoms with Crippen molar-refractivity contribution in [1.29, 1.82) is 0 Å². The minimum Gasteiger partial charge on any atom is -0.338 e. The normalized spacial score (nSPS) is 28.8. The van der Waals surface area contributed by atoms with Gasteiger partial charge in [0.05, 0.1) is 11.8 Å². The number of nitrogens with zero attached hydrogens (tertiary/aromatic N) is 1. The largest absolute Gasteiger partial charge is 0.338 e. The Morgan fingerprint density at radius 3 is 2.60 bits per heavy atom. The quantitative estimate of drug-likeness (QED) is 0.837. The topological polar surface area (TPSA) is 80.5 Å². The average molecular weight is 302 g/mol. The van der Waals surface area contributed by atoms with Gasteiger partial charge in [-0.05, 0) is 38.0 Å². The van der Waals surface area contributed by atoms with E-state index < -0.39 is 15.9 Å². The Bertz CT molecular complexity index is 447. The van der Waals surface area contributed by atoms with Crippen molar-refractivity contribution in [3.63, 3.8) is 0 Å². The van der Waals surface area contributed by atoms with E-state index in [1.54, 1.807) is 0 Å². The molecule has 3 atom stereocenters. The number of nitrogens with two attached hydrogens (primary N) is 1. The molecule has 0 bridgehead atoms. The standard InChI is InChI=1S/C14H26N2O3S/c1-20(18,19)10-8-12(15)14(17)16-9-4-6-11-5-2-3-7-13(11)16/h11-13H,2-10,15H2,1H3. The molecule has 3 unspecified atom stereocenters. The minimum absolute atomic E-state index is 0.0121. The highest BCUT2D eigenvalue weighted by Gasteiger charge is 2.37. The van der Waals surface area contributed by atoms with Crippen molar-refractivity contribution in [2.75, 3.05) is 18.6 Å². The summed E-state index contributed by atoms with van der Waals surface area (Å²) in [6, 6.07) is -0.334. The first-order valence-corrected chi connectivity index (χ1v) is 9.68. The summed E-state index contributed by atoms with van der Waals surface area (Å²) in [4.78, 5) is 14.4. The number of hydrogen-bond donors (Lipinski definition) is 1. The van der Waals surface area contributed by atoms with Gasteiger partial charge in [-0.2, -0.15) is 0 Å². The van der Waals surface area contributed by atoms with Crippen molar-refractivity contribution in [3.8, 4) is 0 Å². The lowest BCUT2D eigenvalue weighted by molar-refractivity contribution is -0.139. The molecule has 1 aliphatic carbocycles. The van der Waals surface area contributed by atoms with Gasteiger partial charge in [0.25, 0.3) is 0 Å². The van der Waals surface area contributed by atoms with E-state index in [1.807, 2.05) is 4.90 Å². The molecule has 1 heterocycles. The van der Waals surface area contributed by atoms with Gasteiger partial charge >= 0.3 is 0 Å². The predicted octanol–water partition coefficient (Wildman–Crippen LogP) is 0.930. The van der Waals surface area contributed by atoms with Crippen LogP contribution in [-0.2, 0) is 14.6 Å². The number of carbonyl (C=O) groups is 1. The first-order chi connectivity index (χ1) is 9.38. The van der Waals surface area contributed by atoms with Crippen LogP contribution in [0, 0.1) is 5.92 Å². The Morgan fingerprint density at radius 1 is 1.25 bits per heavy atom. The van der Waals surface area contributed by atoms with E-state index in [-0.39, 0.29) is 18.1 Å². The molecule has 6 heteroatoms. The molecule has 0 spiro atoms. The number of fused-ring (bicyclic) bond motifs is 1. The van der Waals surface area contributed by atoms with Gasteiger partial charge in [-0.15, -0.1) is 0 Å². The van der Waals surface area contributed by atoms with Crippen molar-refractivity contribution in [1.82, 2.24) is 4.90 Å². The van der Waals surface area contributed by atoms with Crippen LogP contribution in [0.25, 0.3) is 0 Å². The highest BCUT2D eigenvalue weighted by molar-refractivity contribution is 7.90. The van der Waals surface area contributed by atoms with Crippen LogP contribution < -0.4 is 5.73 Å². The third-order valence-corrected chi connectivity index (χ3v) is 5.62. The maximum absolute atomic E-state index is 12.5. The number of sulfone groups is 1. The van der Waals surface area contributed by atoms with Crippen LogP contribution in [0.5, 0.6) is 0 Å². The molecule has 0 aromatic heterocycles. The SMILES string of the molecule is CS(=O)(=O)CCC(N)C(=O)N1CCCC2CCCCC21. The van der Waals surface area contributed by atoms with Crippen molar-refractivity contribution in [3.05, 3.63) is 0 Å². The second-order valence-corrected chi connectivity index (χ2v) is 8.57. The monoisotopic (exact) mass is 302 g/mol. The van der Waals surface area contributed by atoms with Crippen LogP contribution in [0.15, 0.2) is 0 Å². The van der Waals surface area contributed by atoms with Gasteiger partial charge in [0, 0.05) is 18.8 Å². The molecule has 1 aliphatic heterocycles. The van der Waals surface area contributed by atoms with Gasteiger partial charge in [-0.25, -0.2) is 8.42 Å². The van der Waals surface area contributed by atoms with Crippen molar-refractivity contribution < 1.29 is 13.2 Å². The molecule has 5 nitrogen and oxygen atoms in total. The number of likely N-dealkylation sites (tertiary alicyclic amines) is 1. The zero-order chi connectivity index (χ0) is 14.8. The first kappa shape index (κ1) is 15.8. The molecule has 1 saturated heterocycles. The summed E-state index contributed by atoms with van der Waals surface area (Å²) >= 11 is 0. The maximum atomic E-state index is 12.5. The lowest BCUT2D eigenvalue weighted by atomic mass is 9.78. The second-order valence-electron chi connectivity index (χ2n) is 6.31. The molecular formula is C14H26N2O3S. The third-order valence-electron chi connectivity index (χ3n) is 4.64. The van der Waals surface area contributed by atoms with Gasteiger partial charge in [-0.1, -0.05) is 12.8 Å². The summed E-state index contributed by atoms with van der Waals surface area (Å²) in [5, 5.41) is 0. The molecule has 2 N–H and O–H groups in total. The van der Waals surface area contributed by atoms with E-state index in [2.05, 4.69) is 0 Å². The van der Waals surface area contributed by atoms with E-state index in [0.29, 0.717) is 12.0 Å². The maximum Gasteiger partial charge on any atom is 0.239 e. The smallest absolute Gasteiger partial charge is 0.239 e. The van der Waals surface area contributed by atoms with E-state index in [1.165, 1.54) is 31.9 Å². The second kappa shape index (κ2) is 6.43. The fourth-order valence-electron chi connectivity index (χ4n) is 3.58. The Kier molecular flexibility index (Phi) is 5.07. The predicted molar refractivity (Wildman–Crippen MR) is 79.0 cm³/mol. The fourth-order valence-corrected chi connectivity index (χ4v) is 4.26. The summed E-state index contributed by atoms with van der Waals surface area (Å²) in [6.45, 7) is 0.784. The molecule has 2 rings (SSSR count). The lowest BCUT2D eigenvalue weighted by Gasteiger charge is -2.45. The summed E-state index contributed by atoms with van der Waals surface area (Å²) in [6.07, 6.45) is 8.42. The molecule has 1 saturated carbocycles. The first-order valence-electron chi connectivity index (χ1n) is 7.62. The van der Waals surface area contributed by atoms with Crippen molar-refractivity contribution in [2.24, 2.45) is 11.7 Å². The number of carbonyl (C=O) groups excluding carboxylic acids is 1. The van der Waals surface area contributed by atoms with Crippen molar-refractivity contribution >= 4 is 15.7 Å². The molecule has 2 aliphatic rings. The van der Waals surface area contributed by atoms with Crippen LogP contribution in [0.3, 0.4) is 0 Å². The van der Waals surface area contributed by atoms with Crippen LogP contribution in [0.1, 0.15) is 44.9 Å². The van der Waals surface area contributed by atoms with Crippen molar-refractivity contribution in [2.45, 2.75) is 57.0 Å². The lowest BCUT2D eigenvalue weighted by Crippen LogP contribution is -2.54. The molecular weight excluding hydrogens is 276 g/mol. The number of piperidine rings is 1. The Morgan fingerprint density at radius 2 is 1.90 bits per heavy atom. The summed E-state index contributed by atoms with van der Waals surface area (Å²) in [7, 11) is -3.06. The summed E-state index contributed by atoms with van der Waals surface area (Å²) < 4.78 is 22.4. The Labute approximate surface area is 121 Å². The zero-order valence-electron chi connectivity index (χ0n) is 12.3. The van der Waals surface area contributed by atoms with E-state index in [9.17, 15) is 13.2 Å². The zero-order valence-corrected chi connectivity index (χ0v) is 13.1.